The average Bonchev–Trinajstić information content (AvgIpc) is 2.49. The molecule has 2 aliphatic rings. The third-order valence-corrected chi connectivity index (χ3v) is 5.06. The Morgan fingerprint density at radius 3 is 2.80 bits per heavy atom. The van der Waals surface area contributed by atoms with E-state index in [1.807, 2.05) is 25.1 Å². The van der Waals surface area contributed by atoms with Crippen LogP contribution in [0.4, 0.5) is 5.69 Å². The standard InChI is InChI=1S/C17H24N2O/c1-12-6-4-9-14(16(12)18)17(20)19-11-5-8-13-7-2-3-10-15(13)19/h4,6,9,13,15H,2-3,5,7-8,10-11,18H2,1H3/t13-,15-/m1/s1. The molecule has 0 spiro atoms. The van der Waals surface area contributed by atoms with Crippen molar-refractivity contribution in [2.75, 3.05) is 12.3 Å². The average molecular weight is 272 g/mol. The summed E-state index contributed by atoms with van der Waals surface area (Å²) in [7, 11) is 0. The molecular weight excluding hydrogens is 248 g/mol. The van der Waals surface area contributed by atoms with Crippen LogP contribution in [0.3, 0.4) is 0 Å². The van der Waals surface area contributed by atoms with Crippen molar-refractivity contribution in [1.82, 2.24) is 4.90 Å². The van der Waals surface area contributed by atoms with Gasteiger partial charge in [-0.2, -0.15) is 0 Å². The summed E-state index contributed by atoms with van der Waals surface area (Å²) >= 11 is 0. The Morgan fingerprint density at radius 2 is 1.95 bits per heavy atom. The molecule has 0 radical (unpaired) electrons. The SMILES string of the molecule is Cc1cccc(C(=O)N2CCC[C@H]3CCCC[C@H]32)c1N. The van der Waals surface area contributed by atoms with Crippen LogP contribution in [0.15, 0.2) is 18.2 Å². The molecule has 3 nitrogen and oxygen atoms in total. The lowest BCUT2D eigenvalue weighted by atomic mass is 9.78. The Morgan fingerprint density at radius 1 is 1.20 bits per heavy atom. The zero-order valence-electron chi connectivity index (χ0n) is 12.3. The van der Waals surface area contributed by atoms with Gasteiger partial charge in [-0.15, -0.1) is 0 Å². The lowest BCUT2D eigenvalue weighted by molar-refractivity contribution is 0.0391. The maximum atomic E-state index is 12.9. The van der Waals surface area contributed by atoms with Gasteiger partial charge in [0.15, 0.2) is 0 Å². The quantitative estimate of drug-likeness (QED) is 0.797. The number of nitrogens with zero attached hydrogens (tertiary/aromatic N) is 1. The van der Waals surface area contributed by atoms with E-state index in [4.69, 9.17) is 5.73 Å². The second kappa shape index (κ2) is 5.47. The highest BCUT2D eigenvalue weighted by Gasteiger charge is 2.36. The number of para-hydroxylation sites is 1. The van der Waals surface area contributed by atoms with E-state index in [1.54, 1.807) is 0 Å². The molecule has 1 aliphatic heterocycles. The molecule has 1 saturated carbocycles. The number of nitrogens with two attached hydrogens (primary N) is 1. The molecule has 1 aliphatic carbocycles. The van der Waals surface area contributed by atoms with Crippen molar-refractivity contribution in [2.45, 2.75) is 51.5 Å². The van der Waals surface area contributed by atoms with Crippen LogP contribution in [0.25, 0.3) is 0 Å². The third-order valence-electron chi connectivity index (χ3n) is 5.06. The Hall–Kier alpha value is -1.51. The molecule has 108 valence electrons. The second-order valence-corrected chi connectivity index (χ2v) is 6.29. The third kappa shape index (κ3) is 2.30. The van der Waals surface area contributed by atoms with Crippen LogP contribution < -0.4 is 5.73 Å². The van der Waals surface area contributed by atoms with E-state index >= 15 is 0 Å². The van der Waals surface area contributed by atoms with Gasteiger partial charge in [-0.1, -0.05) is 25.0 Å². The molecular formula is C17H24N2O. The van der Waals surface area contributed by atoms with Crippen molar-refractivity contribution in [1.29, 1.82) is 0 Å². The number of rotatable bonds is 1. The van der Waals surface area contributed by atoms with Crippen molar-refractivity contribution >= 4 is 11.6 Å². The minimum atomic E-state index is 0.141. The van der Waals surface area contributed by atoms with E-state index in [-0.39, 0.29) is 5.91 Å². The highest BCUT2D eigenvalue weighted by molar-refractivity contribution is 6.00. The van der Waals surface area contributed by atoms with Gasteiger partial charge in [0.05, 0.1) is 5.56 Å². The normalized spacial score (nSPS) is 26.1. The summed E-state index contributed by atoms with van der Waals surface area (Å²) in [4.78, 5) is 15.0. The zero-order chi connectivity index (χ0) is 14.1. The number of piperidine rings is 1. The Labute approximate surface area is 121 Å². The number of aryl methyl sites for hydroxylation is 1. The van der Waals surface area contributed by atoms with Crippen molar-refractivity contribution in [2.24, 2.45) is 5.92 Å². The summed E-state index contributed by atoms with van der Waals surface area (Å²) in [5.41, 5.74) is 8.44. The largest absolute Gasteiger partial charge is 0.398 e. The lowest BCUT2D eigenvalue weighted by Gasteiger charge is -2.44. The first-order valence-electron chi connectivity index (χ1n) is 7.84. The monoisotopic (exact) mass is 272 g/mol. The number of nitrogen functional groups attached to an aromatic ring is 1. The Bertz CT molecular complexity index is 510. The summed E-state index contributed by atoms with van der Waals surface area (Å²) < 4.78 is 0. The number of carbonyl (C=O) groups is 1. The van der Waals surface area contributed by atoms with Crippen LogP contribution in [0.2, 0.25) is 0 Å². The van der Waals surface area contributed by atoms with Gasteiger partial charge in [-0.05, 0) is 50.2 Å². The summed E-state index contributed by atoms with van der Waals surface area (Å²) in [5.74, 6) is 0.857. The number of hydrogen-bond donors (Lipinski definition) is 1. The molecule has 2 atom stereocenters. The van der Waals surface area contributed by atoms with Gasteiger partial charge in [0.2, 0.25) is 0 Å². The summed E-state index contributed by atoms with van der Waals surface area (Å²) in [5, 5.41) is 0. The van der Waals surface area contributed by atoms with Gasteiger partial charge in [0.25, 0.3) is 5.91 Å². The van der Waals surface area contributed by atoms with Gasteiger partial charge < -0.3 is 10.6 Å². The molecule has 1 aromatic rings. The predicted octanol–water partition coefficient (Wildman–Crippen LogP) is 3.37. The van der Waals surface area contributed by atoms with Gasteiger partial charge in [-0.25, -0.2) is 0 Å². The Kier molecular flexibility index (Phi) is 3.68. The van der Waals surface area contributed by atoms with Gasteiger partial charge in [0.1, 0.15) is 0 Å². The maximum Gasteiger partial charge on any atom is 0.256 e. The topological polar surface area (TPSA) is 46.3 Å². The first-order valence-corrected chi connectivity index (χ1v) is 7.84. The molecule has 2 fully saturated rings. The van der Waals surface area contributed by atoms with Crippen LogP contribution in [0.1, 0.15) is 54.4 Å². The van der Waals surface area contributed by atoms with Crippen LogP contribution in [0, 0.1) is 12.8 Å². The van der Waals surface area contributed by atoms with E-state index in [1.165, 1.54) is 32.1 Å². The van der Waals surface area contributed by atoms with Crippen LogP contribution in [-0.4, -0.2) is 23.4 Å². The van der Waals surface area contributed by atoms with Crippen molar-refractivity contribution in [3.05, 3.63) is 29.3 Å². The maximum absolute atomic E-state index is 12.9. The van der Waals surface area contributed by atoms with Crippen LogP contribution >= 0.6 is 0 Å². The zero-order valence-corrected chi connectivity index (χ0v) is 12.3. The van der Waals surface area contributed by atoms with E-state index in [9.17, 15) is 4.79 Å². The molecule has 1 saturated heterocycles. The first-order chi connectivity index (χ1) is 9.68. The number of carbonyl (C=O) groups excluding carboxylic acids is 1. The highest BCUT2D eigenvalue weighted by Crippen LogP contribution is 2.36. The molecule has 2 N–H and O–H groups in total. The number of benzene rings is 1. The van der Waals surface area contributed by atoms with Gasteiger partial charge >= 0.3 is 0 Å². The smallest absolute Gasteiger partial charge is 0.256 e. The first kappa shape index (κ1) is 13.5. The summed E-state index contributed by atoms with van der Waals surface area (Å²) in [6.07, 6.45) is 7.47. The van der Waals surface area contributed by atoms with Crippen LogP contribution in [-0.2, 0) is 0 Å². The van der Waals surface area contributed by atoms with E-state index in [2.05, 4.69) is 4.90 Å². The second-order valence-electron chi connectivity index (χ2n) is 6.29. The number of amides is 1. The number of fused-ring (bicyclic) bond motifs is 1. The molecule has 1 aromatic carbocycles. The van der Waals surface area contributed by atoms with Crippen molar-refractivity contribution < 1.29 is 4.79 Å². The molecule has 1 heterocycles. The fraction of sp³-hybridized carbons (Fsp3) is 0.588. The number of likely N-dealkylation sites (tertiary alicyclic amines) is 1. The summed E-state index contributed by atoms with van der Waals surface area (Å²) in [6, 6.07) is 6.22. The Balaban J connectivity index is 1.87. The lowest BCUT2D eigenvalue weighted by Crippen LogP contribution is -2.49. The fourth-order valence-corrected chi connectivity index (χ4v) is 3.90. The highest BCUT2D eigenvalue weighted by atomic mass is 16.2. The van der Waals surface area contributed by atoms with Gasteiger partial charge in [0, 0.05) is 18.3 Å². The van der Waals surface area contributed by atoms with E-state index in [0.717, 1.165) is 18.5 Å². The summed E-state index contributed by atoms with van der Waals surface area (Å²) in [6.45, 7) is 2.86. The molecule has 3 heteroatoms. The fourth-order valence-electron chi connectivity index (χ4n) is 3.90. The minimum Gasteiger partial charge on any atom is -0.398 e. The molecule has 3 rings (SSSR count). The predicted molar refractivity (Wildman–Crippen MR) is 81.6 cm³/mol. The van der Waals surface area contributed by atoms with Crippen molar-refractivity contribution in [3.8, 4) is 0 Å². The molecule has 1 amide bonds. The van der Waals surface area contributed by atoms with E-state index in [0.29, 0.717) is 23.2 Å². The van der Waals surface area contributed by atoms with Gasteiger partial charge in [-0.3, -0.25) is 4.79 Å². The molecule has 0 aromatic heterocycles. The van der Waals surface area contributed by atoms with Crippen molar-refractivity contribution in [3.63, 3.8) is 0 Å². The molecule has 0 unspecified atom stereocenters. The number of anilines is 1. The minimum absolute atomic E-state index is 0.141. The van der Waals surface area contributed by atoms with E-state index < -0.39 is 0 Å². The number of hydrogen-bond acceptors (Lipinski definition) is 2. The molecule has 0 bridgehead atoms. The van der Waals surface area contributed by atoms with Crippen LogP contribution in [0.5, 0.6) is 0 Å². The molecule has 20 heavy (non-hydrogen) atoms.